The van der Waals surface area contributed by atoms with Gasteiger partial charge in [0.05, 0.1) is 29.5 Å². The molecule has 10 atom stereocenters. The first-order valence-corrected chi connectivity index (χ1v) is 15.2. The van der Waals surface area contributed by atoms with E-state index in [0.717, 1.165) is 0 Å². The van der Waals surface area contributed by atoms with Crippen LogP contribution >= 0.6 is 7.82 Å². The van der Waals surface area contributed by atoms with Crippen LogP contribution in [-0.4, -0.2) is 65.5 Å². The van der Waals surface area contributed by atoms with E-state index in [4.69, 9.17) is 4.52 Å². The minimum atomic E-state index is -4.79. The predicted molar refractivity (Wildman–Crippen MR) is 136 cm³/mol. The number of hydrogen-bond donors (Lipinski definition) is 6. The molecule has 0 saturated heterocycles. The number of fused-ring (bicyclic) bond motifs is 5. The average Bonchev–Trinajstić information content (AvgIpc) is 3.03. The Morgan fingerprint density at radius 2 is 1.78 bits per heavy atom. The number of phosphoric ester groups is 1. The fourth-order valence-electron chi connectivity index (χ4n) is 8.60. The molecule has 3 fully saturated rings. The summed E-state index contributed by atoms with van der Waals surface area (Å²) in [7, 11) is -4.79. The Bertz CT molecular complexity index is 985. The lowest BCUT2D eigenvalue weighted by molar-refractivity contribution is -0.154. The highest BCUT2D eigenvalue weighted by Crippen LogP contribution is 2.68. The van der Waals surface area contributed by atoms with Gasteiger partial charge in [-0.1, -0.05) is 20.8 Å². The Hall–Kier alpha value is -0.640. The molecule has 0 aromatic heterocycles. The van der Waals surface area contributed by atoms with Crippen LogP contribution in [-0.2, 0) is 13.9 Å². The zero-order chi connectivity index (χ0) is 27.8. The second kappa shape index (κ2) is 9.48. The molecule has 3 saturated carbocycles. The summed E-state index contributed by atoms with van der Waals surface area (Å²) in [5.74, 6) is -1.05. The van der Waals surface area contributed by atoms with Gasteiger partial charge in [-0.25, -0.2) is 4.57 Å². The van der Waals surface area contributed by atoms with Crippen LogP contribution in [0.2, 0.25) is 0 Å². The largest absolute Gasteiger partial charge is 0.469 e. The van der Waals surface area contributed by atoms with Crippen molar-refractivity contribution in [1.82, 2.24) is 0 Å². The summed E-state index contributed by atoms with van der Waals surface area (Å²) in [5.41, 5.74) is -2.77. The van der Waals surface area contributed by atoms with Crippen molar-refractivity contribution in [2.75, 3.05) is 0 Å². The average molecular weight is 545 g/mol. The van der Waals surface area contributed by atoms with Crippen molar-refractivity contribution in [2.24, 2.45) is 34.5 Å². The molecular formula is C27H45O9P. The molecule has 0 aliphatic heterocycles. The van der Waals surface area contributed by atoms with E-state index >= 15 is 0 Å². The van der Waals surface area contributed by atoms with Crippen molar-refractivity contribution >= 4 is 13.6 Å². The van der Waals surface area contributed by atoms with Crippen LogP contribution in [0.25, 0.3) is 0 Å². The van der Waals surface area contributed by atoms with E-state index in [1.54, 1.807) is 19.9 Å². The summed E-state index contributed by atoms with van der Waals surface area (Å²) >= 11 is 0. The molecular weight excluding hydrogens is 499 g/mol. The molecule has 10 heteroatoms. The SMILES string of the molecule is C[C@@H](C1CCC2(O)C3=CC(=O)[C@@H]4C[C@@H](O)[C@@H](O)C[C@]4(C)[C@H]3CC[C@]12C)[C@@H](CCC(C)(C)O)OP(=O)(O)O. The maximum atomic E-state index is 13.3. The molecule has 4 aliphatic rings. The van der Waals surface area contributed by atoms with Gasteiger partial charge in [0.2, 0.25) is 0 Å². The molecule has 0 bridgehead atoms. The number of carbonyl (C=O) groups is 1. The van der Waals surface area contributed by atoms with Gasteiger partial charge in [-0.3, -0.25) is 9.32 Å². The number of rotatable bonds is 7. The standard InChI is InChI=1S/C27H45O9P/c1-15(23(36-37(33,34)35)8-9-24(2,3)31)16-7-11-27(32)18-12-20(28)19-13-21(29)22(30)14-25(19,4)17(18)6-10-26(16,27)5/h12,15-17,19,21-23,29-32H,6-11,13-14H2,1-5H3,(H2,33,34,35)/t15-,16?,17-,19-,21+,22-,23+,25+,26+,27?/m0/s1. The van der Waals surface area contributed by atoms with E-state index in [9.17, 15) is 39.6 Å². The first-order chi connectivity index (χ1) is 16.8. The maximum absolute atomic E-state index is 13.3. The van der Waals surface area contributed by atoms with Gasteiger partial charge in [0.1, 0.15) is 0 Å². The van der Waals surface area contributed by atoms with E-state index in [1.165, 1.54) is 0 Å². The van der Waals surface area contributed by atoms with Crippen molar-refractivity contribution in [3.05, 3.63) is 11.6 Å². The van der Waals surface area contributed by atoms with Crippen molar-refractivity contribution in [1.29, 1.82) is 0 Å². The van der Waals surface area contributed by atoms with E-state index in [1.807, 2.05) is 20.8 Å². The quantitative estimate of drug-likeness (QED) is 0.264. The number of aliphatic hydroxyl groups excluding tert-OH is 2. The third kappa shape index (κ3) is 5.04. The van der Waals surface area contributed by atoms with Crippen LogP contribution in [0.5, 0.6) is 0 Å². The second-order valence-electron chi connectivity index (χ2n) is 13.5. The number of ketones is 1. The first-order valence-electron chi connectivity index (χ1n) is 13.6. The van der Waals surface area contributed by atoms with Crippen LogP contribution in [0, 0.1) is 34.5 Å². The summed E-state index contributed by atoms with van der Waals surface area (Å²) < 4.78 is 17.1. The van der Waals surface area contributed by atoms with E-state index < -0.39 is 54.1 Å². The fraction of sp³-hybridized carbons (Fsp3) is 0.889. The molecule has 9 nitrogen and oxygen atoms in total. The molecule has 0 amide bonds. The van der Waals surface area contributed by atoms with E-state index in [2.05, 4.69) is 0 Å². The number of hydrogen-bond acceptors (Lipinski definition) is 7. The minimum absolute atomic E-state index is 0.0955. The Morgan fingerprint density at radius 3 is 2.38 bits per heavy atom. The summed E-state index contributed by atoms with van der Waals surface area (Å²) in [6.45, 7) is 9.20. The molecule has 0 aromatic carbocycles. The minimum Gasteiger partial charge on any atom is -0.390 e. The zero-order valence-corrected chi connectivity index (χ0v) is 23.5. The Balaban J connectivity index is 1.66. The lowest BCUT2D eigenvalue weighted by Crippen LogP contribution is -2.61. The van der Waals surface area contributed by atoms with Gasteiger partial charge in [-0.15, -0.1) is 0 Å². The molecule has 0 radical (unpaired) electrons. The Kier molecular flexibility index (Phi) is 7.52. The van der Waals surface area contributed by atoms with Crippen LogP contribution in [0.3, 0.4) is 0 Å². The van der Waals surface area contributed by atoms with Gasteiger partial charge in [0.15, 0.2) is 5.78 Å². The van der Waals surface area contributed by atoms with Crippen molar-refractivity contribution in [3.63, 3.8) is 0 Å². The highest BCUT2D eigenvalue weighted by Gasteiger charge is 2.67. The van der Waals surface area contributed by atoms with Crippen molar-refractivity contribution in [3.8, 4) is 0 Å². The normalized spacial score (nSPS) is 43.9. The highest BCUT2D eigenvalue weighted by atomic mass is 31.2. The Labute approximate surface area is 219 Å². The van der Waals surface area contributed by atoms with Gasteiger partial charge < -0.3 is 30.2 Å². The molecule has 4 aliphatic carbocycles. The van der Waals surface area contributed by atoms with Crippen LogP contribution in [0.4, 0.5) is 0 Å². The molecule has 0 spiro atoms. The topological polar surface area (TPSA) is 165 Å². The molecule has 0 aromatic rings. The number of carbonyl (C=O) groups excluding carboxylic acids is 1. The molecule has 4 rings (SSSR count). The number of allylic oxidation sites excluding steroid dienone is 1. The molecule has 212 valence electrons. The maximum Gasteiger partial charge on any atom is 0.469 e. The summed E-state index contributed by atoms with van der Waals surface area (Å²) in [6, 6.07) is 0. The smallest absolute Gasteiger partial charge is 0.390 e. The highest BCUT2D eigenvalue weighted by molar-refractivity contribution is 7.46. The zero-order valence-electron chi connectivity index (χ0n) is 22.6. The molecule has 0 heterocycles. The monoisotopic (exact) mass is 544 g/mol. The summed E-state index contributed by atoms with van der Waals surface area (Å²) in [5, 5.41) is 43.3. The predicted octanol–water partition coefficient (Wildman–Crippen LogP) is 2.86. The first kappa shape index (κ1) is 29.3. The van der Waals surface area contributed by atoms with Gasteiger partial charge in [-0.2, -0.15) is 0 Å². The summed E-state index contributed by atoms with van der Waals surface area (Å²) in [4.78, 5) is 32.5. The van der Waals surface area contributed by atoms with Crippen LogP contribution in [0.1, 0.15) is 86.0 Å². The number of phosphoric acid groups is 1. The van der Waals surface area contributed by atoms with Gasteiger partial charge in [0.25, 0.3) is 0 Å². The Morgan fingerprint density at radius 1 is 1.14 bits per heavy atom. The number of aliphatic hydroxyl groups is 4. The lowest BCUT2D eigenvalue weighted by atomic mass is 9.46. The third-order valence-corrected chi connectivity index (χ3v) is 11.3. The second-order valence-corrected chi connectivity index (χ2v) is 14.7. The molecule has 37 heavy (non-hydrogen) atoms. The van der Waals surface area contributed by atoms with Crippen molar-refractivity contribution in [2.45, 2.75) is 115 Å². The van der Waals surface area contributed by atoms with Crippen molar-refractivity contribution < 1.29 is 44.1 Å². The van der Waals surface area contributed by atoms with Crippen LogP contribution in [0.15, 0.2) is 11.6 Å². The van der Waals surface area contributed by atoms with Gasteiger partial charge in [-0.05, 0) is 100 Å². The van der Waals surface area contributed by atoms with E-state index in [-0.39, 0.29) is 36.4 Å². The van der Waals surface area contributed by atoms with E-state index in [0.29, 0.717) is 44.1 Å². The summed E-state index contributed by atoms with van der Waals surface area (Å²) in [6.07, 6.45) is 2.42. The lowest BCUT2D eigenvalue weighted by Gasteiger charge is -2.60. The molecule has 6 N–H and O–H groups in total. The fourth-order valence-corrected chi connectivity index (χ4v) is 9.25. The molecule has 2 unspecified atom stereocenters. The van der Waals surface area contributed by atoms with Gasteiger partial charge >= 0.3 is 7.82 Å². The third-order valence-electron chi connectivity index (χ3n) is 10.7. The van der Waals surface area contributed by atoms with Crippen LogP contribution < -0.4 is 0 Å². The van der Waals surface area contributed by atoms with Gasteiger partial charge in [0, 0.05) is 11.3 Å².